The van der Waals surface area contributed by atoms with Gasteiger partial charge in [0.1, 0.15) is 6.61 Å². The summed E-state index contributed by atoms with van der Waals surface area (Å²) in [5.74, 6) is 0. The zero-order valence-corrected chi connectivity index (χ0v) is 11.1. The second-order valence-electron chi connectivity index (χ2n) is 4.18. The number of hydrogen-bond donors (Lipinski definition) is 1. The molecule has 0 saturated carbocycles. The molecule has 5 nitrogen and oxygen atoms in total. The van der Waals surface area contributed by atoms with Crippen LogP contribution in [0.4, 0.5) is 4.79 Å². The Bertz CT molecular complexity index is 361. The Balaban J connectivity index is 1.72. The van der Waals surface area contributed by atoms with Crippen LogP contribution in [-0.4, -0.2) is 60.4 Å². The lowest BCUT2D eigenvalue weighted by atomic mass is 10.3. The highest BCUT2D eigenvalue weighted by Gasteiger charge is 2.21. The molecule has 18 heavy (non-hydrogen) atoms. The minimum absolute atomic E-state index is 0.0776. The van der Waals surface area contributed by atoms with Crippen LogP contribution in [0.25, 0.3) is 0 Å². The maximum atomic E-state index is 11.6. The third-order valence-electron chi connectivity index (χ3n) is 2.91. The first-order valence-electron chi connectivity index (χ1n) is 6.07. The van der Waals surface area contributed by atoms with Crippen molar-refractivity contribution in [1.82, 2.24) is 9.80 Å². The van der Waals surface area contributed by atoms with Gasteiger partial charge in [0, 0.05) is 37.6 Å². The monoisotopic (exact) mass is 270 g/mol. The Morgan fingerprint density at radius 2 is 2.17 bits per heavy atom. The number of ether oxygens (including phenoxy) is 1. The van der Waals surface area contributed by atoms with Crippen molar-refractivity contribution in [2.45, 2.75) is 6.54 Å². The van der Waals surface area contributed by atoms with Crippen LogP contribution in [0, 0.1) is 0 Å². The first-order chi connectivity index (χ1) is 8.79. The summed E-state index contributed by atoms with van der Waals surface area (Å²) in [6, 6.07) is 4.19. The maximum absolute atomic E-state index is 11.6. The Morgan fingerprint density at radius 1 is 1.39 bits per heavy atom. The first kappa shape index (κ1) is 13.3. The quantitative estimate of drug-likeness (QED) is 0.886. The van der Waals surface area contributed by atoms with Crippen LogP contribution in [0.5, 0.6) is 0 Å². The Labute approximate surface area is 111 Å². The van der Waals surface area contributed by atoms with E-state index in [0.29, 0.717) is 13.1 Å². The van der Waals surface area contributed by atoms with Gasteiger partial charge in [-0.1, -0.05) is 6.07 Å². The molecule has 1 aromatic heterocycles. The highest BCUT2D eigenvalue weighted by Crippen LogP contribution is 2.13. The fraction of sp³-hybridized carbons (Fsp3) is 0.583. The minimum Gasteiger partial charge on any atom is -0.447 e. The predicted octanol–water partition coefficient (Wildman–Crippen LogP) is 0.995. The van der Waals surface area contributed by atoms with Crippen molar-refractivity contribution < 1.29 is 14.6 Å². The summed E-state index contributed by atoms with van der Waals surface area (Å²) in [6.07, 6.45) is -0.320. The number of amides is 1. The van der Waals surface area contributed by atoms with E-state index < -0.39 is 0 Å². The molecule has 100 valence electrons. The Hall–Kier alpha value is -1.11. The maximum Gasteiger partial charge on any atom is 0.409 e. The van der Waals surface area contributed by atoms with E-state index in [1.54, 1.807) is 16.2 Å². The fourth-order valence-electron chi connectivity index (χ4n) is 1.94. The van der Waals surface area contributed by atoms with Gasteiger partial charge in [-0.15, -0.1) is 11.3 Å². The summed E-state index contributed by atoms with van der Waals surface area (Å²) in [7, 11) is 0. The third kappa shape index (κ3) is 3.69. The molecule has 1 N–H and O–H groups in total. The van der Waals surface area contributed by atoms with Crippen LogP contribution in [0.2, 0.25) is 0 Å². The summed E-state index contributed by atoms with van der Waals surface area (Å²) in [5, 5.41) is 10.7. The van der Waals surface area contributed by atoms with Crippen molar-refractivity contribution >= 4 is 17.4 Å². The predicted molar refractivity (Wildman–Crippen MR) is 69.6 cm³/mol. The van der Waals surface area contributed by atoms with Crippen molar-refractivity contribution in [2.75, 3.05) is 39.4 Å². The van der Waals surface area contributed by atoms with E-state index in [4.69, 9.17) is 9.84 Å². The fourth-order valence-corrected chi connectivity index (χ4v) is 2.68. The smallest absolute Gasteiger partial charge is 0.409 e. The zero-order chi connectivity index (χ0) is 12.8. The average molecular weight is 270 g/mol. The molecule has 1 aromatic rings. The zero-order valence-electron chi connectivity index (χ0n) is 10.2. The van der Waals surface area contributed by atoms with E-state index in [1.165, 1.54) is 4.88 Å². The lowest BCUT2D eigenvalue weighted by molar-refractivity contribution is 0.0632. The number of nitrogens with zero attached hydrogens (tertiary/aromatic N) is 2. The summed E-state index contributed by atoms with van der Waals surface area (Å²) < 4.78 is 4.89. The lowest BCUT2D eigenvalue weighted by Gasteiger charge is -2.33. The Kier molecular flexibility index (Phi) is 4.98. The van der Waals surface area contributed by atoms with Gasteiger partial charge < -0.3 is 14.7 Å². The van der Waals surface area contributed by atoms with E-state index in [-0.39, 0.29) is 19.3 Å². The summed E-state index contributed by atoms with van der Waals surface area (Å²) >= 11 is 1.76. The molecule has 0 aromatic carbocycles. The van der Waals surface area contributed by atoms with Gasteiger partial charge in [-0.25, -0.2) is 4.79 Å². The van der Waals surface area contributed by atoms with Gasteiger partial charge in [-0.2, -0.15) is 0 Å². The molecule has 0 unspecified atom stereocenters. The summed E-state index contributed by atoms with van der Waals surface area (Å²) in [4.78, 5) is 16.9. The molecule has 1 aliphatic heterocycles. The van der Waals surface area contributed by atoms with Crippen molar-refractivity contribution in [1.29, 1.82) is 0 Å². The summed E-state index contributed by atoms with van der Waals surface area (Å²) in [5.41, 5.74) is 0. The molecule has 2 rings (SSSR count). The number of rotatable bonds is 4. The molecule has 1 aliphatic rings. The standard InChI is InChI=1S/C12H18N2O3S/c15-7-8-17-12(16)14-5-3-13(4-6-14)10-11-2-1-9-18-11/h1-2,9,15H,3-8,10H2. The number of piperazine rings is 1. The molecule has 0 aliphatic carbocycles. The summed E-state index contributed by atoms with van der Waals surface area (Å²) in [6.45, 7) is 4.03. The highest BCUT2D eigenvalue weighted by molar-refractivity contribution is 7.09. The molecule has 0 bridgehead atoms. The van der Waals surface area contributed by atoms with Crippen molar-refractivity contribution in [3.05, 3.63) is 22.4 Å². The molecule has 2 heterocycles. The highest BCUT2D eigenvalue weighted by atomic mass is 32.1. The number of carbonyl (C=O) groups excluding carboxylic acids is 1. The van der Waals surface area contributed by atoms with Crippen molar-refractivity contribution in [2.24, 2.45) is 0 Å². The van der Waals surface area contributed by atoms with Gasteiger partial charge in [-0.3, -0.25) is 4.90 Å². The molecule has 0 atom stereocenters. The third-order valence-corrected chi connectivity index (χ3v) is 3.77. The molecule has 1 saturated heterocycles. The van der Waals surface area contributed by atoms with E-state index in [0.717, 1.165) is 19.6 Å². The number of thiophene rings is 1. The number of aliphatic hydroxyl groups is 1. The molecule has 0 spiro atoms. The van der Waals surface area contributed by atoms with E-state index >= 15 is 0 Å². The van der Waals surface area contributed by atoms with Crippen LogP contribution in [0.3, 0.4) is 0 Å². The number of hydrogen-bond acceptors (Lipinski definition) is 5. The van der Waals surface area contributed by atoms with Crippen molar-refractivity contribution in [3.63, 3.8) is 0 Å². The molecular weight excluding hydrogens is 252 g/mol. The van der Waals surface area contributed by atoms with E-state index in [2.05, 4.69) is 22.4 Å². The van der Waals surface area contributed by atoms with Gasteiger partial charge in [0.05, 0.1) is 6.61 Å². The van der Waals surface area contributed by atoms with Crippen LogP contribution in [0.15, 0.2) is 17.5 Å². The van der Waals surface area contributed by atoms with Gasteiger partial charge in [0.2, 0.25) is 0 Å². The average Bonchev–Trinajstić information content (AvgIpc) is 2.89. The SMILES string of the molecule is O=C(OCCO)N1CCN(Cc2cccs2)CC1. The normalized spacial score (nSPS) is 16.8. The Morgan fingerprint density at radius 3 is 2.78 bits per heavy atom. The number of carbonyl (C=O) groups is 1. The van der Waals surface area contributed by atoms with Crippen LogP contribution in [-0.2, 0) is 11.3 Å². The van der Waals surface area contributed by atoms with Crippen molar-refractivity contribution in [3.8, 4) is 0 Å². The van der Waals surface area contributed by atoms with E-state index in [1.807, 2.05) is 0 Å². The van der Waals surface area contributed by atoms with Crippen LogP contribution in [0.1, 0.15) is 4.88 Å². The second kappa shape index (κ2) is 6.72. The first-order valence-corrected chi connectivity index (χ1v) is 6.95. The van der Waals surface area contributed by atoms with Gasteiger partial charge >= 0.3 is 6.09 Å². The largest absolute Gasteiger partial charge is 0.447 e. The van der Waals surface area contributed by atoms with Gasteiger partial charge in [-0.05, 0) is 11.4 Å². The van der Waals surface area contributed by atoms with E-state index in [9.17, 15) is 4.79 Å². The van der Waals surface area contributed by atoms with Gasteiger partial charge in [0.15, 0.2) is 0 Å². The molecule has 1 fully saturated rings. The van der Waals surface area contributed by atoms with Crippen LogP contribution < -0.4 is 0 Å². The van der Waals surface area contributed by atoms with Gasteiger partial charge in [0.25, 0.3) is 0 Å². The lowest BCUT2D eigenvalue weighted by Crippen LogP contribution is -2.48. The molecule has 0 radical (unpaired) electrons. The molecular formula is C12H18N2O3S. The number of aliphatic hydroxyl groups excluding tert-OH is 1. The minimum atomic E-state index is -0.320. The molecule has 6 heteroatoms. The topological polar surface area (TPSA) is 53.0 Å². The second-order valence-corrected chi connectivity index (χ2v) is 5.21. The molecule has 1 amide bonds. The van der Waals surface area contributed by atoms with Crippen LogP contribution >= 0.6 is 11.3 Å².